The number of fused-ring (bicyclic) bond motifs is 3. The normalized spacial score (nSPS) is 11.8. The lowest BCUT2D eigenvalue weighted by Crippen LogP contribution is -2.37. The second kappa shape index (κ2) is 7.90. The van der Waals surface area contributed by atoms with E-state index in [1.54, 1.807) is 0 Å². The Morgan fingerprint density at radius 2 is 1.73 bits per heavy atom. The van der Waals surface area contributed by atoms with Gasteiger partial charge in [0, 0.05) is 41.5 Å². The van der Waals surface area contributed by atoms with Gasteiger partial charge in [-0.15, -0.1) is 0 Å². The van der Waals surface area contributed by atoms with Crippen LogP contribution in [0.1, 0.15) is 39.8 Å². The Bertz CT molecular complexity index is 885. The molecule has 1 amide bonds. The van der Waals surface area contributed by atoms with Gasteiger partial charge in [-0.3, -0.25) is 9.78 Å². The highest BCUT2D eigenvalue weighted by Gasteiger charge is 2.16. The van der Waals surface area contributed by atoms with Crippen LogP contribution in [0.2, 0.25) is 0 Å². The molecule has 2 aromatic heterocycles. The van der Waals surface area contributed by atoms with Gasteiger partial charge in [-0.2, -0.15) is 0 Å². The molecule has 0 saturated carbocycles. The van der Waals surface area contributed by atoms with Crippen molar-refractivity contribution >= 4 is 27.7 Å². The van der Waals surface area contributed by atoms with Crippen LogP contribution in [0.5, 0.6) is 0 Å². The summed E-state index contributed by atoms with van der Waals surface area (Å²) >= 11 is 0. The Balaban J connectivity index is 1.73. The van der Waals surface area contributed by atoms with Crippen molar-refractivity contribution in [2.24, 2.45) is 11.8 Å². The first-order valence-electron chi connectivity index (χ1n) is 9.57. The zero-order valence-electron chi connectivity index (χ0n) is 16.2. The van der Waals surface area contributed by atoms with E-state index >= 15 is 0 Å². The van der Waals surface area contributed by atoms with Crippen LogP contribution < -0.4 is 0 Å². The fraction of sp³-hybridized carbons (Fsp3) is 0.455. The summed E-state index contributed by atoms with van der Waals surface area (Å²) < 4.78 is 0. The average Bonchev–Trinajstić information content (AvgIpc) is 2.96. The van der Waals surface area contributed by atoms with Crippen LogP contribution in [0, 0.1) is 11.8 Å². The maximum atomic E-state index is 12.7. The number of amides is 1. The number of para-hydroxylation sites is 1. The predicted octanol–water partition coefficient (Wildman–Crippen LogP) is 4.79. The maximum absolute atomic E-state index is 12.7. The molecular formula is C22H29N3O. The van der Waals surface area contributed by atoms with E-state index in [1.165, 1.54) is 10.8 Å². The van der Waals surface area contributed by atoms with Crippen LogP contribution in [0.3, 0.4) is 0 Å². The summed E-state index contributed by atoms with van der Waals surface area (Å²) in [6, 6.07) is 10.4. The minimum Gasteiger partial charge on any atom is -0.353 e. The molecule has 0 bridgehead atoms. The van der Waals surface area contributed by atoms with Crippen LogP contribution in [-0.4, -0.2) is 33.9 Å². The Hall–Kier alpha value is -2.36. The molecule has 0 aliphatic carbocycles. The molecule has 2 heterocycles. The molecule has 26 heavy (non-hydrogen) atoms. The minimum absolute atomic E-state index is 0.230. The number of aryl methyl sites for hydroxylation is 1. The first kappa shape index (κ1) is 18.4. The fourth-order valence-electron chi connectivity index (χ4n) is 3.48. The van der Waals surface area contributed by atoms with Crippen molar-refractivity contribution in [2.75, 3.05) is 13.1 Å². The average molecular weight is 351 g/mol. The number of nitrogens with zero attached hydrogens (tertiary/aromatic N) is 2. The van der Waals surface area contributed by atoms with Crippen LogP contribution in [0.4, 0.5) is 0 Å². The maximum Gasteiger partial charge on any atom is 0.222 e. The number of hydrogen-bond donors (Lipinski definition) is 1. The smallest absolute Gasteiger partial charge is 0.222 e. The van der Waals surface area contributed by atoms with E-state index in [0.29, 0.717) is 24.7 Å². The van der Waals surface area contributed by atoms with Gasteiger partial charge in [0.1, 0.15) is 0 Å². The number of carbonyl (C=O) groups is 1. The van der Waals surface area contributed by atoms with E-state index in [4.69, 9.17) is 0 Å². The summed E-state index contributed by atoms with van der Waals surface area (Å²) in [4.78, 5) is 22.7. The Labute approximate surface area is 155 Å². The van der Waals surface area contributed by atoms with Crippen molar-refractivity contribution in [3.05, 3.63) is 42.2 Å². The molecule has 0 radical (unpaired) electrons. The first-order chi connectivity index (χ1) is 12.4. The quantitative estimate of drug-likeness (QED) is 0.665. The number of H-pyrrole nitrogens is 1. The lowest BCUT2D eigenvalue weighted by atomic mass is 10.1. The molecular weight excluding hydrogens is 322 g/mol. The summed E-state index contributed by atoms with van der Waals surface area (Å²) in [5.41, 5.74) is 3.14. The molecule has 3 aromatic rings. The van der Waals surface area contributed by atoms with Gasteiger partial charge in [0.25, 0.3) is 0 Å². The molecule has 1 aromatic carbocycles. The van der Waals surface area contributed by atoms with Crippen LogP contribution >= 0.6 is 0 Å². The summed E-state index contributed by atoms with van der Waals surface area (Å²) in [5.74, 6) is 1.20. The Morgan fingerprint density at radius 1 is 1.04 bits per heavy atom. The second-order valence-electron chi connectivity index (χ2n) is 7.98. The molecule has 0 fully saturated rings. The second-order valence-corrected chi connectivity index (χ2v) is 7.98. The summed E-state index contributed by atoms with van der Waals surface area (Å²) in [6.45, 7) is 10.3. The van der Waals surface area contributed by atoms with Crippen molar-refractivity contribution in [2.45, 2.75) is 40.5 Å². The van der Waals surface area contributed by atoms with Crippen molar-refractivity contribution in [3.63, 3.8) is 0 Å². The Kier molecular flexibility index (Phi) is 5.60. The minimum atomic E-state index is 0.230. The molecule has 0 saturated heterocycles. The van der Waals surface area contributed by atoms with Crippen LogP contribution in [0.15, 0.2) is 36.5 Å². The molecule has 3 rings (SSSR count). The van der Waals surface area contributed by atoms with Gasteiger partial charge in [-0.05, 0) is 30.4 Å². The Morgan fingerprint density at radius 3 is 2.42 bits per heavy atom. The topological polar surface area (TPSA) is 49.0 Å². The van der Waals surface area contributed by atoms with Crippen molar-refractivity contribution in [1.82, 2.24) is 14.9 Å². The number of nitrogens with one attached hydrogen (secondary N) is 1. The third-order valence-corrected chi connectivity index (χ3v) is 4.57. The van der Waals surface area contributed by atoms with Gasteiger partial charge < -0.3 is 9.88 Å². The van der Waals surface area contributed by atoms with Crippen LogP contribution in [-0.2, 0) is 11.2 Å². The summed E-state index contributed by atoms with van der Waals surface area (Å²) in [6.07, 6.45) is 3.08. The summed E-state index contributed by atoms with van der Waals surface area (Å²) in [7, 11) is 0. The highest BCUT2D eigenvalue weighted by atomic mass is 16.2. The van der Waals surface area contributed by atoms with Crippen molar-refractivity contribution in [3.8, 4) is 0 Å². The predicted molar refractivity (Wildman–Crippen MR) is 108 cm³/mol. The van der Waals surface area contributed by atoms with Crippen LogP contribution in [0.25, 0.3) is 21.8 Å². The molecule has 1 N–H and O–H groups in total. The molecule has 138 valence electrons. The van der Waals surface area contributed by atoms with E-state index in [1.807, 2.05) is 17.2 Å². The zero-order valence-corrected chi connectivity index (χ0v) is 16.2. The molecule has 4 nitrogen and oxygen atoms in total. The van der Waals surface area contributed by atoms with E-state index < -0.39 is 0 Å². The van der Waals surface area contributed by atoms with E-state index in [-0.39, 0.29) is 5.91 Å². The first-order valence-corrected chi connectivity index (χ1v) is 9.57. The monoisotopic (exact) mass is 351 g/mol. The largest absolute Gasteiger partial charge is 0.353 e. The van der Waals surface area contributed by atoms with E-state index in [2.05, 4.69) is 61.9 Å². The number of aromatic amines is 1. The standard InChI is InChI=1S/C22H29N3O/c1-15(2)13-25(14-16(3)4)22(26)10-9-17-11-19-18-7-5-6-8-20(18)24-21(19)12-23-17/h5-8,11-12,15-16,24H,9-10,13-14H2,1-4H3. The lowest BCUT2D eigenvalue weighted by Gasteiger charge is -2.26. The van der Waals surface area contributed by atoms with Gasteiger partial charge in [-0.1, -0.05) is 45.9 Å². The fourth-order valence-corrected chi connectivity index (χ4v) is 3.48. The lowest BCUT2D eigenvalue weighted by molar-refractivity contribution is -0.132. The van der Waals surface area contributed by atoms with Gasteiger partial charge in [0.05, 0.1) is 11.7 Å². The molecule has 0 aliphatic heterocycles. The third kappa shape index (κ3) is 4.24. The molecule has 0 spiro atoms. The SMILES string of the molecule is CC(C)CN(CC(C)C)C(=O)CCc1cc2c(cn1)[nH]c1ccccc12. The number of rotatable bonds is 7. The van der Waals surface area contributed by atoms with E-state index in [0.717, 1.165) is 29.8 Å². The molecule has 0 atom stereocenters. The number of hydrogen-bond acceptors (Lipinski definition) is 2. The summed E-state index contributed by atoms with van der Waals surface area (Å²) in [5, 5.41) is 2.39. The van der Waals surface area contributed by atoms with Crippen molar-refractivity contribution in [1.29, 1.82) is 0 Å². The number of aromatic nitrogens is 2. The number of pyridine rings is 1. The zero-order chi connectivity index (χ0) is 18.7. The van der Waals surface area contributed by atoms with Gasteiger partial charge >= 0.3 is 0 Å². The van der Waals surface area contributed by atoms with Gasteiger partial charge in [0.2, 0.25) is 5.91 Å². The number of carbonyl (C=O) groups excluding carboxylic acids is 1. The van der Waals surface area contributed by atoms with Gasteiger partial charge in [0.15, 0.2) is 0 Å². The molecule has 4 heteroatoms. The third-order valence-electron chi connectivity index (χ3n) is 4.57. The highest BCUT2D eigenvalue weighted by molar-refractivity contribution is 6.06. The van der Waals surface area contributed by atoms with Gasteiger partial charge in [-0.25, -0.2) is 0 Å². The number of benzene rings is 1. The van der Waals surface area contributed by atoms with E-state index in [9.17, 15) is 4.79 Å². The molecule has 0 unspecified atom stereocenters. The van der Waals surface area contributed by atoms with Crippen molar-refractivity contribution < 1.29 is 4.79 Å². The highest BCUT2D eigenvalue weighted by Crippen LogP contribution is 2.25. The molecule has 0 aliphatic rings.